The summed E-state index contributed by atoms with van der Waals surface area (Å²) in [5.74, 6) is 0.640. The first-order valence-electron chi connectivity index (χ1n) is 10.8. The first kappa shape index (κ1) is 20.8. The fraction of sp³-hybridized carbons (Fsp3) is 0.500. The maximum absolute atomic E-state index is 11.0. The van der Waals surface area contributed by atoms with E-state index >= 15 is 0 Å². The van der Waals surface area contributed by atoms with Crippen LogP contribution < -0.4 is 10.6 Å². The maximum atomic E-state index is 11.0. The van der Waals surface area contributed by atoms with E-state index < -0.39 is 5.60 Å². The first-order valence-corrected chi connectivity index (χ1v) is 10.8. The van der Waals surface area contributed by atoms with Crippen molar-refractivity contribution in [3.05, 3.63) is 54.4 Å². The number of hydrogen-bond acceptors (Lipinski definition) is 6. The molecule has 3 N–H and O–H groups in total. The highest BCUT2D eigenvalue weighted by Gasteiger charge is 2.33. The van der Waals surface area contributed by atoms with Crippen LogP contribution in [-0.4, -0.2) is 51.7 Å². The average Bonchev–Trinajstić information content (AvgIpc) is 2.69. The smallest absolute Gasteiger partial charge is 0.223 e. The van der Waals surface area contributed by atoms with Crippen LogP contribution >= 0.6 is 0 Å². The lowest BCUT2D eigenvalue weighted by Crippen LogP contribution is -2.48. The number of aromatic nitrogens is 2. The van der Waals surface area contributed by atoms with Crippen molar-refractivity contribution in [3.8, 4) is 11.3 Å². The van der Waals surface area contributed by atoms with E-state index in [9.17, 15) is 5.11 Å². The minimum absolute atomic E-state index is 0.00855. The van der Waals surface area contributed by atoms with Crippen LogP contribution in [-0.2, 0) is 5.60 Å². The Bertz CT molecular complexity index is 900. The lowest BCUT2D eigenvalue weighted by molar-refractivity contribution is -0.0203. The predicted molar refractivity (Wildman–Crippen MR) is 121 cm³/mol. The summed E-state index contributed by atoms with van der Waals surface area (Å²) >= 11 is 0. The fourth-order valence-corrected chi connectivity index (χ4v) is 4.67. The predicted octanol–water partition coefficient (Wildman–Crippen LogP) is 3.51. The number of likely N-dealkylation sites (tertiary alicyclic amines) is 1. The summed E-state index contributed by atoms with van der Waals surface area (Å²) in [6.45, 7) is 10.3. The van der Waals surface area contributed by atoms with E-state index in [4.69, 9.17) is 4.98 Å². The van der Waals surface area contributed by atoms with Crippen LogP contribution in [0.2, 0.25) is 0 Å². The van der Waals surface area contributed by atoms with Crippen LogP contribution in [0.1, 0.15) is 45.1 Å². The largest absolute Gasteiger partial charge is 0.385 e. The molecule has 0 radical (unpaired) electrons. The van der Waals surface area contributed by atoms with Gasteiger partial charge in [-0.2, -0.15) is 0 Å². The number of nitrogens with zero attached hydrogens (tertiary/aromatic N) is 3. The van der Waals surface area contributed by atoms with Gasteiger partial charge in [-0.05, 0) is 51.8 Å². The second kappa shape index (κ2) is 8.00. The van der Waals surface area contributed by atoms with Gasteiger partial charge >= 0.3 is 0 Å². The third kappa shape index (κ3) is 4.65. The maximum Gasteiger partial charge on any atom is 0.223 e. The normalized spacial score (nSPS) is 23.6. The number of hydrogen-bond donors (Lipinski definition) is 3. The van der Waals surface area contributed by atoms with Crippen LogP contribution in [0.3, 0.4) is 0 Å². The molecular weight excluding hydrogens is 374 g/mol. The van der Waals surface area contributed by atoms with Crippen molar-refractivity contribution < 1.29 is 5.11 Å². The van der Waals surface area contributed by atoms with E-state index in [1.165, 1.54) is 0 Å². The minimum atomic E-state index is -0.729. The molecule has 2 fully saturated rings. The molecule has 2 aromatic rings. The zero-order chi connectivity index (χ0) is 21.4. The summed E-state index contributed by atoms with van der Waals surface area (Å²) in [7, 11) is 2.10. The molecule has 2 saturated heterocycles. The molecule has 2 aliphatic heterocycles. The van der Waals surface area contributed by atoms with Crippen LogP contribution in [0, 0.1) is 0 Å². The van der Waals surface area contributed by atoms with Gasteiger partial charge < -0.3 is 20.6 Å². The van der Waals surface area contributed by atoms with Crippen molar-refractivity contribution in [2.75, 3.05) is 25.5 Å². The Morgan fingerprint density at radius 3 is 2.53 bits per heavy atom. The molecule has 30 heavy (non-hydrogen) atoms. The minimum Gasteiger partial charge on any atom is -0.385 e. The number of piperidine rings is 2. The molecule has 0 saturated carbocycles. The lowest BCUT2D eigenvalue weighted by Gasteiger charge is -2.38. The number of benzene rings is 1. The molecule has 6 nitrogen and oxygen atoms in total. The van der Waals surface area contributed by atoms with E-state index in [1.54, 1.807) is 6.20 Å². The second-order valence-corrected chi connectivity index (χ2v) is 9.54. The fourth-order valence-electron chi connectivity index (χ4n) is 4.67. The van der Waals surface area contributed by atoms with Crippen molar-refractivity contribution >= 4 is 5.95 Å². The monoisotopic (exact) mass is 407 g/mol. The molecule has 4 rings (SSSR count). The molecule has 0 aliphatic carbocycles. The van der Waals surface area contributed by atoms with Gasteiger partial charge in [0.1, 0.15) is 0 Å². The topological polar surface area (TPSA) is 73.3 Å². The van der Waals surface area contributed by atoms with E-state index in [0.29, 0.717) is 5.95 Å². The van der Waals surface area contributed by atoms with Gasteiger partial charge in [0.15, 0.2) is 0 Å². The standard InChI is InChI=1S/C24H33N5O/c1-17-15-20(16-23(2,3)28-17)26-22-25-12-9-21(27-22)18-5-7-19(8-6-18)24(30)10-13-29(4)14-11-24/h5-9,12,20,28,30H,1,10-11,13-16H2,2-4H3,(H,25,26,27). The van der Waals surface area contributed by atoms with Gasteiger partial charge in [-0.1, -0.05) is 30.8 Å². The van der Waals surface area contributed by atoms with Crippen LogP contribution in [0.25, 0.3) is 11.3 Å². The highest BCUT2D eigenvalue weighted by Crippen LogP contribution is 2.33. The third-order valence-electron chi connectivity index (χ3n) is 6.29. The van der Waals surface area contributed by atoms with E-state index in [0.717, 1.165) is 61.3 Å². The number of anilines is 1. The number of nitrogens with one attached hydrogen (secondary N) is 2. The van der Waals surface area contributed by atoms with Crippen molar-refractivity contribution in [2.24, 2.45) is 0 Å². The van der Waals surface area contributed by atoms with Crippen LogP contribution in [0.15, 0.2) is 48.8 Å². The molecule has 160 valence electrons. The molecule has 0 amide bonds. The Morgan fingerprint density at radius 1 is 1.17 bits per heavy atom. The van der Waals surface area contributed by atoms with Gasteiger partial charge in [-0.15, -0.1) is 0 Å². The molecular formula is C24H33N5O. The molecule has 1 atom stereocenters. The highest BCUT2D eigenvalue weighted by atomic mass is 16.3. The Hall–Kier alpha value is -2.44. The molecule has 3 heterocycles. The van der Waals surface area contributed by atoms with Gasteiger partial charge in [0.2, 0.25) is 5.95 Å². The Kier molecular flexibility index (Phi) is 5.55. The summed E-state index contributed by atoms with van der Waals surface area (Å²) in [5.41, 5.74) is 3.21. The highest BCUT2D eigenvalue weighted by molar-refractivity contribution is 5.60. The Balaban J connectivity index is 1.48. The zero-order valence-electron chi connectivity index (χ0n) is 18.3. The quantitative estimate of drug-likeness (QED) is 0.720. The van der Waals surface area contributed by atoms with Crippen molar-refractivity contribution in [1.29, 1.82) is 0 Å². The molecule has 2 aliphatic rings. The Morgan fingerprint density at radius 2 is 1.87 bits per heavy atom. The number of rotatable bonds is 4. The SMILES string of the molecule is C=C1CC(Nc2nccc(-c3ccc(C4(O)CCN(C)CC4)cc3)n2)CC(C)(C)N1. The van der Waals surface area contributed by atoms with Gasteiger partial charge in [0.05, 0.1) is 11.3 Å². The summed E-state index contributed by atoms with van der Waals surface area (Å²) in [6, 6.07) is 10.4. The van der Waals surface area contributed by atoms with E-state index in [-0.39, 0.29) is 11.6 Å². The molecule has 1 aromatic carbocycles. The first-order chi connectivity index (χ1) is 14.2. The number of aliphatic hydroxyl groups is 1. The van der Waals surface area contributed by atoms with Crippen molar-refractivity contribution in [1.82, 2.24) is 20.2 Å². The molecule has 0 bridgehead atoms. The average molecular weight is 408 g/mol. The van der Waals surface area contributed by atoms with E-state index in [1.807, 2.05) is 30.3 Å². The summed E-state index contributed by atoms with van der Waals surface area (Å²) in [5, 5.41) is 18.0. The van der Waals surface area contributed by atoms with Crippen molar-refractivity contribution in [2.45, 2.75) is 56.7 Å². The van der Waals surface area contributed by atoms with Crippen molar-refractivity contribution in [3.63, 3.8) is 0 Å². The van der Waals surface area contributed by atoms with Crippen LogP contribution in [0.5, 0.6) is 0 Å². The lowest BCUT2D eigenvalue weighted by atomic mass is 9.84. The second-order valence-electron chi connectivity index (χ2n) is 9.54. The zero-order valence-corrected chi connectivity index (χ0v) is 18.3. The molecule has 1 unspecified atom stereocenters. The van der Waals surface area contributed by atoms with Gasteiger partial charge in [0.25, 0.3) is 0 Å². The van der Waals surface area contributed by atoms with Gasteiger partial charge in [-0.3, -0.25) is 0 Å². The molecule has 6 heteroatoms. The Labute approximate surface area is 179 Å². The summed E-state index contributed by atoms with van der Waals surface area (Å²) in [6.07, 6.45) is 5.16. The summed E-state index contributed by atoms with van der Waals surface area (Å²) in [4.78, 5) is 11.4. The van der Waals surface area contributed by atoms with Crippen LogP contribution in [0.4, 0.5) is 5.95 Å². The summed E-state index contributed by atoms with van der Waals surface area (Å²) < 4.78 is 0. The molecule has 0 spiro atoms. The van der Waals surface area contributed by atoms with Gasteiger partial charge in [-0.25, -0.2) is 9.97 Å². The van der Waals surface area contributed by atoms with E-state index in [2.05, 4.69) is 48.0 Å². The van der Waals surface area contributed by atoms with Gasteiger partial charge in [0, 0.05) is 48.5 Å². The molecule has 1 aromatic heterocycles. The third-order valence-corrected chi connectivity index (χ3v) is 6.29.